The first kappa shape index (κ1) is 12.4. The Balaban J connectivity index is 2.49. The number of nitrogens with one attached hydrogen (secondary N) is 2. The average molecular weight is 224 g/mol. The average Bonchev–Trinajstić information content (AvgIpc) is 2.47. The highest BCUT2D eigenvalue weighted by molar-refractivity contribution is 5.68. The van der Waals surface area contributed by atoms with Crippen LogP contribution >= 0.6 is 0 Å². The van der Waals surface area contributed by atoms with Gasteiger partial charge in [0.1, 0.15) is 5.60 Å². The van der Waals surface area contributed by atoms with E-state index in [1.807, 2.05) is 27.7 Å². The van der Waals surface area contributed by atoms with Gasteiger partial charge in [-0.1, -0.05) is 4.70 Å². The minimum Gasteiger partial charge on any atom is -0.444 e. The number of hydrogen-bond donors (Lipinski definition) is 2. The zero-order valence-corrected chi connectivity index (χ0v) is 10.1. The summed E-state index contributed by atoms with van der Waals surface area (Å²) in [5.41, 5.74) is 7.69. The normalized spacial score (nSPS) is 17.0. The van der Waals surface area contributed by atoms with Gasteiger partial charge >= 0.3 is 6.09 Å². The van der Waals surface area contributed by atoms with E-state index in [0.717, 1.165) is 5.57 Å². The van der Waals surface area contributed by atoms with Gasteiger partial charge < -0.3 is 10.1 Å². The van der Waals surface area contributed by atoms with E-state index in [9.17, 15) is 4.79 Å². The van der Waals surface area contributed by atoms with Crippen LogP contribution in [0.3, 0.4) is 0 Å². The molecule has 5 nitrogen and oxygen atoms in total. The number of nitrogens with zero attached hydrogens (tertiary/aromatic N) is 1. The van der Waals surface area contributed by atoms with E-state index in [1.54, 1.807) is 18.5 Å². The maximum absolute atomic E-state index is 11.5. The highest BCUT2D eigenvalue weighted by Crippen LogP contribution is 2.12. The van der Waals surface area contributed by atoms with Crippen LogP contribution < -0.4 is 5.32 Å². The Bertz CT molecular complexity index is 364. The lowest BCUT2D eigenvalue weighted by atomic mass is 10.1. The lowest BCUT2D eigenvalue weighted by Gasteiger charge is -2.21. The molecule has 1 atom stereocenters. The van der Waals surface area contributed by atoms with Crippen LogP contribution in [0.15, 0.2) is 24.0 Å². The summed E-state index contributed by atoms with van der Waals surface area (Å²) in [7, 11) is 0. The van der Waals surface area contributed by atoms with Crippen molar-refractivity contribution in [1.82, 2.24) is 5.32 Å². The minimum absolute atomic E-state index is 0.165. The smallest absolute Gasteiger partial charge is 0.408 e. The van der Waals surface area contributed by atoms with Crippen LogP contribution in [-0.4, -0.2) is 22.4 Å². The molecule has 0 bridgehead atoms. The van der Waals surface area contributed by atoms with E-state index in [2.05, 4.69) is 5.32 Å². The molecule has 5 heteroatoms. The first-order valence-corrected chi connectivity index (χ1v) is 5.17. The van der Waals surface area contributed by atoms with Gasteiger partial charge in [0.2, 0.25) is 12.4 Å². The van der Waals surface area contributed by atoms with E-state index in [-0.39, 0.29) is 6.04 Å². The lowest BCUT2D eigenvalue weighted by Crippen LogP contribution is -2.38. The lowest BCUT2D eigenvalue weighted by molar-refractivity contribution is -0.478. The molecule has 2 N–H and O–H groups in total. The zero-order valence-electron chi connectivity index (χ0n) is 10.1. The Morgan fingerprint density at radius 2 is 2.19 bits per heavy atom. The molecule has 1 rings (SSSR count). The van der Waals surface area contributed by atoms with E-state index in [1.165, 1.54) is 4.70 Å². The summed E-state index contributed by atoms with van der Waals surface area (Å²) in [4.78, 5) is 11.5. The van der Waals surface area contributed by atoms with Crippen LogP contribution in [0, 0.1) is 5.53 Å². The van der Waals surface area contributed by atoms with E-state index >= 15 is 0 Å². The van der Waals surface area contributed by atoms with Crippen molar-refractivity contribution in [2.45, 2.75) is 39.3 Å². The van der Waals surface area contributed by atoms with E-state index < -0.39 is 11.7 Å². The molecule has 1 aliphatic heterocycles. The quantitative estimate of drug-likeness (QED) is 0.707. The van der Waals surface area contributed by atoms with Gasteiger partial charge in [-0.05, 0) is 33.2 Å². The molecule has 0 radical (unpaired) electrons. The second-order valence-electron chi connectivity index (χ2n) is 4.72. The van der Waals surface area contributed by atoms with Gasteiger partial charge in [-0.2, -0.15) is 0 Å². The zero-order chi connectivity index (χ0) is 12.3. The number of amides is 1. The van der Waals surface area contributed by atoms with Crippen molar-refractivity contribution in [3.63, 3.8) is 0 Å². The molecular formula is C11H18N3O2+. The molecule has 0 unspecified atom stereocenters. The van der Waals surface area contributed by atoms with Crippen molar-refractivity contribution >= 4 is 6.09 Å². The predicted molar refractivity (Wildman–Crippen MR) is 59.0 cm³/mol. The molecule has 0 aromatic carbocycles. The molecule has 1 heterocycles. The number of rotatable bonds is 2. The van der Waals surface area contributed by atoms with Crippen molar-refractivity contribution in [1.29, 1.82) is 5.53 Å². The van der Waals surface area contributed by atoms with Gasteiger partial charge in [0, 0.05) is 11.6 Å². The van der Waals surface area contributed by atoms with Gasteiger partial charge in [-0.25, -0.2) is 4.79 Å². The van der Waals surface area contributed by atoms with Gasteiger partial charge in [-0.3, -0.25) is 0 Å². The molecule has 0 saturated heterocycles. The molecular weight excluding hydrogens is 206 g/mol. The number of carbonyl (C=O) groups excluding carboxylic acids is 1. The summed E-state index contributed by atoms with van der Waals surface area (Å²) in [6, 6.07) is -0.165. The Morgan fingerprint density at radius 3 is 2.62 bits per heavy atom. The number of hydrogen-bond acceptors (Lipinski definition) is 3. The summed E-state index contributed by atoms with van der Waals surface area (Å²) >= 11 is 0. The van der Waals surface area contributed by atoms with Gasteiger partial charge in [-0.15, -0.1) is 0 Å². The molecule has 1 amide bonds. The van der Waals surface area contributed by atoms with Crippen molar-refractivity contribution in [3.05, 3.63) is 24.0 Å². The third-order valence-electron chi connectivity index (χ3n) is 1.95. The highest BCUT2D eigenvalue weighted by Gasteiger charge is 2.21. The maximum Gasteiger partial charge on any atom is 0.408 e. The van der Waals surface area contributed by atoms with Crippen LogP contribution in [0.25, 0.3) is 0 Å². The molecule has 0 spiro atoms. The Hall–Kier alpha value is -1.65. The Labute approximate surface area is 95.3 Å². The monoisotopic (exact) mass is 224 g/mol. The van der Waals surface area contributed by atoms with Crippen molar-refractivity contribution < 1.29 is 14.2 Å². The molecule has 0 saturated carbocycles. The SMILES string of the molecule is C[C@H](NC(=O)OC(C)(C)C)C1=C[N+](=N)C=C1. The van der Waals surface area contributed by atoms with Crippen molar-refractivity contribution in [3.8, 4) is 0 Å². The molecule has 0 aromatic rings. The standard InChI is InChI=1S/C11H17N3O2/c1-8(9-5-6-14(12)7-9)13-10(15)16-11(2,3)4/h5-8,12H,1-4H3/p+1/t8-/m0/s1. The summed E-state index contributed by atoms with van der Waals surface area (Å²) in [5.74, 6) is 0. The van der Waals surface area contributed by atoms with Gasteiger partial charge in [0.25, 0.3) is 0 Å². The minimum atomic E-state index is -0.495. The molecule has 16 heavy (non-hydrogen) atoms. The van der Waals surface area contributed by atoms with Crippen LogP contribution in [0.1, 0.15) is 27.7 Å². The number of carbonyl (C=O) groups is 1. The van der Waals surface area contributed by atoms with Crippen LogP contribution in [-0.2, 0) is 4.74 Å². The van der Waals surface area contributed by atoms with Gasteiger partial charge in [0.05, 0.1) is 6.04 Å². The largest absolute Gasteiger partial charge is 0.444 e. The summed E-state index contributed by atoms with van der Waals surface area (Å²) < 4.78 is 6.33. The molecule has 0 aliphatic carbocycles. The molecule has 0 fully saturated rings. The first-order valence-electron chi connectivity index (χ1n) is 5.17. The maximum atomic E-state index is 11.5. The molecule has 0 aromatic heterocycles. The van der Waals surface area contributed by atoms with Crippen LogP contribution in [0.5, 0.6) is 0 Å². The Morgan fingerprint density at radius 1 is 1.56 bits per heavy atom. The van der Waals surface area contributed by atoms with E-state index in [4.69, 9.17) is 10.3 Å². The molecule has 88 valence electrons. The molecule has 1 aliphatic rings. The fourth-order valence-electron chi connectivity index (χ4n) is 1.24. The predicted octanol–water partition coefficient (Wildman–Crippen LogP) is 2.35. The summed E-state index contributed by atoms with van der Waals surface area (Å²) in [6.45, 7) is 7.30. The second-order valence-corrected chi connectivity index (χ2v) is 4.72. The number of ether oxygens (including phenoxy) is 1. The third-order valence-corrected chi connectivity index (χ3v) is 1.95. The summed E-state index contributed by atoms with van der Waals surface area (Å²) in [6.07, 6.45) is 4.59. The van der Waals surface area contributed by atoms with Crippen molar-refractivity contribution in [2.75, 3.05) is 0 Å². The fraction of sp³-hybridized carbons (Fsp3) is 0.545. The van der Waals surface area contributed by atoms with Crippen LogP contribution in [0.4, 0.5) is 4.79 Å². The first-order chi connectivity index (χ1) is 7.28. The Kier molecular flexibility index (Phi) is 3.47. The highest BCUT2D eigenvalue weighted by atomic mass is 16.6. The van der Waals surface area contributed by atoms with Gasteiger partial charge in [0.15, 0.2) is 0 Å². The summed E-state index contributed by atoms with van der Waals surface area (Å²) in [5, 5.41) is 2.71. The number of alkyl carbamates (subject to hydrolysis) is 1. The fourth-order valence-corrected chi connectivity index (χ4v) is 1.24. The second kappa shape index (κ2) is 4.47. The van der Waals surface area contributed by atoms with E-state index in [0.29, 0.717) is 0 Å². The third kappa shape index (κ3) is 3.84. The van der Waals surface area contributed by atoms with Crippen molar-refractivity contribution in [2.24, 2.45) is 0 Å². The van der Waals surface area contributed by atoms with Crippen LogP contribution in [0.2, 0.25) is 0 Å². The topological polar surface area (TPSA) is 65.2 Å².